The molecule has 9 heteroatoms. The fraction of sp³-hybridized carbons (Fsp3) is 0.417. The highest BCUT2D eigenvalue weighted by molar-refractivity contribution is 7.98. The van der Waals surface area contributed by atoms with Crippen LogP contribution in [0.1, 0.15) is 54.3 Å². The van der Waals surface area contributed by atoms with Crippen LogP contribution in [0.2, 0.25) is 0 Å². The van der Waals surface area contributed by atoms with E-state index in [1.54, 1.807) is 34.3 Å². The molecule has 0 bridgehead atoms. The van der Waals surface area contributed by atoms with Gasteiger partial charge in [-0.2, -0.15) is 16.1 Å². The summed E-state index contributed by atoms with van der Waals surface area (Å²) in [6.45, 7) is 1.06. The van der Waals surface area contributed by atoms with Gasteiger partial charge in [0, 0.05) is 18.7 Å². The third-order valence-electron chi connectivity index (χ3n) is 5.95. The van der Waals surface area contributed by atoms with E-state index >= 15 is 0 Å². The maximum atomic E-state index is 13.2. The number of nitrogens with one attached hydrogen (secondary N) is 2. The second kappa shape index (κ2) is 10.7. The van der Waals surface area contributed by atoms with Gasteiger partial charge in [0.05, 0.1) is 22.0 Å². The highest BCUT2D eigenvalue weighted by Gasteiger charge is 2.26. The zero-order valence-electron chi connectivity index (χ0n) is 18.8. The number of imidazole rings is 1. The summed E-state index contributed by atoms with van der Waals surface area (Å²) in [5.74, 6) is 1.24. The van der Waals surface area contributed by atoms with Gasteiger partial charge >= 0.3 is 0 Å². The lowest BCUT2D eigenvalue weighted by Crippen LogP contribution is -2.32. The van der Waals surface area contributed by atoms with Gasteiger partial charge in [-0.05, 0) is 61.6 Å². The van der Waals surface area contributed by atoms with E-state index in [4.69, 9.17) is 0 Å². The Labute approximate surface area is 199 Å². The second-order valence-electron chi connectivity index (χ2n) is 8.29. The van der Waals surface area contributed by atoms with E-state index in [-0.39, 0.29) is 16.8 Å². The van der Waals surface area contributed by atoms with Crippen LogP contribution in [0.4, 0.5) is 0 Å². The normalized spacial score (nSPS) is 16.4. The molecule has 1 saturated heterocycles. The molecule has 2 aromatic carbocycles. The van der Waals surface area contributed by atoms with Crippen LogP contribution in [0.3, 0.4) is 0 Å². The third-order valence-corrected chi connectivity index (χ3v) is 8.49. The summed E-state index contributed by atoms with van der Waals surface area (Å²) in [4.78, 5) is 21.3. The van der Waals surface area contributed by atoms with Gasteiger partial charge in [0.15, 0.2) is 0 Å². The van der Waals surface area contributed by atoms with Crippen LogP contribution in [0, 0.1) is 0 Å². The van der Waals surface area contributed by atoms with Gasteiger partial charge in [-0.15, -0.1) is 0 Å². The van der Waals surface area contributed by atoms with E-state index in [1.165, 1.54) is 6.07 Å². The predicted molar refractivity (Wildman–Crippen MR) is 133 cm³/mol. The summed E-state index contributed by atoms with van der Waals surface area (Å²) in [7, 11) is -3.62. The maximum Gasteiger partial charge on any atom is 0.251 e. The first kappa shape index (κ1) is 23.8. The van der Waals surface area contributed by atoms with Crippen molar-refractivity contribution >= 4 is 38.7 Å². The molecule has 0 spiro atoms. The number of aromatic nitrogens is 2. The van der Waals surface area contributed by atoms with Crippen molar-refractivity contribution < 1.29 is 13.2 Å². The molecule has 1 amide bonds. The van der Waals surface area contributed by atoms with E-state index in [9.17, 15) is 13.2 Å². The monoisotopic (exact) mass is 486 g/mol. The lowest BCUT2D eigenvalue weighted by Gasteiger charge is -2.20. The van der Waals surface area contributed by atoms with Gasteiger partial charge in [0.2, 0.25) is 10.0 Å². The SMILES string of the molecule is CSCC[C@@H](NC(=O)c1cccc(S(=O)(=O)N2CCCCCC2)c1)c1nc2ccccc2[nH]1. The average molecular weight is 487 g/mol. The Morgan fingerprint density at radius 1 is 1.12 bits per heavy atom. The molecule has 33 heavy (non-hydrogen) atoms. The molecule has 0 saturated carbocycles. The van der Waals surface area contributed by atoms with Gasteiger partial charge in [-0.25, -0.2) is 13.4 Å². The molecule has 7 nitrogen and oxygen atoms in total. The number of aromatic amines is 1. The molecule has 4 rings (SSSR count). The number of nitrogens with zero attached hydrogens (tertiary/aromatic N) is 2. The molecule has 0 unspecified atom stereocenters. The molecule has 176 valence electrons. The molecule has 1 fully saturated rings. The van der Waals surface area contributed by atoms with Crippen LogP contribution in [-0.2, 0) is 10.0 Å². The summed E-state index contributed by atoms with van der Waals surface area (Å²) >= 11 is 1.70. The Balaban J connectivity index is 1.56. The predicted octanol–water partition coefficient (Wildman–Crippen LogP) is 4.35. The van der Waals surface area contributed by atoms with Gasteiger partial charge in [0.25, 0.3) is 5.91 Å². The van der Waals surface area contributed by atoms with E-state index in [0.29, 0.717) is 30.9 Å². The number of fused-ring (bicyclic) bond motifs is 1. The number of carbonyl (C=O) groups is 1. The highest BCUT2D eigenvalue weighted by Crippen LogP contribution is 2.23. The van der Waals surface area contributed by atoms with E-state index < -0.39 is 10.0 Å². The molecule has 1 aliphatic heterocycles. The quantitative estimate of drug-likeness (QED) is 0.494. The molecule has 1 aliphatic rings. The first-order chi connectivity index (χ1) is 16.0. The van der Waals surface area contributed by atoms with Crippen LogP contribution >= 0.6 is 11.8 Å². The number of rotatable bonds is 8. The number of hydrogen-bond donors (Lipinski definition) is 2. The van der Waals surface area contributed by atoms with Crippen molar-refractivity contribution in [3.63, 3.8) is 0 Å². The largest absolute Gasteiger partial charge is 0.342 e. The minimum atomic E-state index is -3.62. The Kier molecular flexibility index (Phi) is 7.72. The lowest BCUT2D eigenvalue weighted by molar-refractivity contribution is 0.0934. The molecule has 2 heterocycles. The van der Waals surface area contributed by atoms with Gasteiger partial charge < -0.3 is 10.3 Å². The molecule has 3 aromatic rings. The lowest BCUT2D eigenvalue weighted by atomic mass is 10.1. The Morgan fingerprint density at radius 3 is 2.61 bits per heavy atom. The number of para-hydroxylation sites is 2. The third kappa shape index (κ3) is 5.59. The van der Waals surface area contributed by atoms with Gasteiger partial charge in [0.1, 0.15) is 5.82 Å². The fourth-order valence-corrected chi connectivity index (χ4v) is 6.16. The van der Waals surface area contributed by atoms with Crippen LogP contribution in [0.15, 0.2) is 53.4 Å². The number of amides is 1. The zero-order chi connectivity index (χ0) is 23.3. The highest BCUT2D eigenvalue weighted by atomic mass is 32.2. The minimum absolute atomic E-state index is 0.168. The number of carbonyl (C=O) groups excluding carboxylic acids is 1. The number of thioether (sulfide) groups is 1. The van der Waals surface area contributed by atoms with Crippen molar-refractivity contribution in [1.82, 2.24) is 19.6 Å². The van der Waals surface area contributed by atoms with Crippen molar-refractivity contribution in [2.75, 3.05) is 25.1 Å². The van der Waals surface area contributed by atoms with Gasteiger partial charge in [-0.3, -0.25) is 4.79 Å². The first-order valence-corrected chi connectivity index (χ1v) is 14.2. The summed E-state index contributed by atoms with van der Waals surface area (Å²) in [5, 5.41) is 3.06. The molecule has 2 N–H and O–H groups in total. The summed E-state index contributed by atoms with van der Waals surface area (Å²) in [6.07, 6.45) is 6.57. The maximum absolute atomic E-state index is 13.2. The van der Waals surface area contributed by atoms with E-state index in [1.807, 2.05) is 30.5 Å². The Hall–Kier alpha value is -2.36. The summed E-state index contributed by atoms with van der Waals surface area (Å²) < 4.78 is 27.9. The van der Waals surface area contributed by atoms with Crippen LogP contribution in [-0.4, -0.2) is 53.7 Å². The molecule has 1 aromatic heterocycles. The molecule has 1 atom stereocenters. The zero-order valence-corrected chi connectivity index (χ0v) is 20.4. The van der Waals surface area contributed by atoms with Crippen LogP contribution < -0.4 is 5.32 Å². The molecule has 0 aliphatic carbocycles. The van der Waals surface area contributed by atoms with Crippen molar-refractivity contribution in [1.29, 1.82) is 0 Å². The van der Waals surface area contributed by atoms with Crippen LogP contribution in [0.25, 0.3) is 11.0 Å². The number of H-pyrrole nitrogens is 1. The van der Waals surface area contributed by atoms with E-state index in [2.05, 4.69) is 15.3 Å². The van der Waals surface area contributed by atoms with Crippen molar-refractivity contribution in [3.8, 4) is 0 Å². The van der Waals surface area contributed by atoms with Gasteiger partial charge in [-0.1, -0.05) is 31.0 Å². The van der Waals surface area contributed by atoms with Crippen LogP contribution in [0.5, 0.6) is 0 Å². The molecule has 0 radical (unpaired) electrons. The second-order valence-corrected chi connectivity index (χ2v) is 11.2. The fourth-order valence-electron chi connectivity index (χ4n) is 4.12. The Morgan fingerprint density at radius 2 is 1.88 bits per heavy atom. The molecular weight excluding hydrogens is 456 g/mol. The summed E-state index contributed by atoms with van der Waals surface area (Å²) in [5.41, 5.74) is 2.10. The van der Waals surface area contributed by atoms with E-state index in [0.717, 1.165) is 42.5 Å². The van der Waals surface area contributed by atoms with Crippen molar-refractivity contribution in [3.05, 3.63) is 59.9 Å². The van der Waals surface area contributed by atoms with Crippen molar-refractivity contribution in [2.45, 2.75) is 43.0 Å². The standard InChI is InChI=1S/C24H30N4O3S2/c1-32-16-13-22(23-25-20-11-4-5-12-21(20)26-23)27-24(29)18-9-8-10-19(17-18)33(30,31)28-14-6-2-3-7-15-28/h4-5,8-12,17,22H,2-3,6-7,13-16H2,1H3,(H,25,26)(H,27,29)/t22-/m1/s1. The van der Waals surface area contributed by atoms with Crippen molar-refractivity contribution in [2.24, 2.45) is 0 Å². The first-order valence-electron chi connectivity index (χ1n) is 11.3. The number of sulfonamides is 1. The Bertz CT molecular complexity index is 1170. The minimum Gasteiger partial charge on any atom is -0.342 e. The topological polar surface area (TPSA) is 95.2 Å². The smallest absolute Gasteiger partial charge is 0.251 e. The summed E-state index contributed by atoms with van der Waals surface area (Å²) in [6, 6.07) is 13.8. The number of benzene rings is 2. The molecular formula is C24H30N4O3S2. The number of hydrogen-bond acceptors (Lipinski definition) is 5. The average Bonchev–Trinajstić information content (AvgIpc) is 3.06.